The monoisotopic (exact) mass is 280 g/mol. The molecule has 0 saturated heterocycles. The van der Waals surface area contributed by atoms with Crippen molar-refractivity contribution in [3.8, 4) is 0 Å². The Morgan fingerprint density at radius 1 is 1.21 bits per heavy atom. The summed E-state index contributed by atoms with van der Waals surface area (Å²) < 4.78 is 0. The first-order chi connectivity index (χ1) is 9.02. The van der Waals surface area contributed by atoms with E-state index in [-0.39, 0.29) is 5.41 Å². The molecule has 2 rings (SSSR count). The van der Waals surface area contributed by atoms with E-state index in [1.54, 1.807) is 0 Å². The van der Waals surface area contributed by atoms with E-state index >= 15 is 0 Å². The van der Waals surface area contributed by atoms with Crippen molar-refractivity contribution in [1.82, 2.24) is 10.3 Å². The van der Waals surface area contributed by atoms with Crippen LogP contribution in [0, 0.1) is 0 Å². The molecule has 1 aromatic heterocycles. The van der Waals surface area contributed by atoms with Gasteiger partial charge in [-0.1, -0.05) is 47.0 Å². The summed E-state index contributed by atoms with van der Waals surface area (Å²) in [6.45, 7) is 11.0. The molecule has 0 radical (unpaired) electrons. The van der Waals surface area contributed by atoms with Gasteiger partial charge in [-0.05, 0) is 19.4 Å². The van der Waals surface area contributed by atoms with Gasteiger partial charge < -0.3 is 5.32 Å². The Labute approximate surface area is 122 Å². The minimum Gasteiger partial charge on any atom is -0.312 e. The SMILES string of the molecule is CCNCc1sc(C2CCCCC2)nc1C(C)(C)C. The molecule has 2 nitrogen and oxygen atoms in total. The zero-order valence-electron chi connectivity index (χ0n) is 12.9. The number of nitrogens with one attached hydrogen (secondary N) is 1. The van der Waals surface area contributed by atoms with E-state index in [9.17, 15) is 0 Å². The lowest BCUT2D eigenvalue weighted by Gasteiger charge is -2.20. The van der Waals surface area contributed by atoms with Gasteiger partial charge in [0.15, 0.2) is 0 Å². The van der Waals surface area contributed by atoms with E-state index in [0.29, 0.717) is 0 Å². The highest BCUT2D eigenvalue weighted by atomic mass is 32.1. The first-order valence-electron chi connectivity index (χ1n) is 7.73. The van der Waals surface area contributed by atoms with E-state index in [4.69, 9.17) is 4.98 Å². The molecule has 108 valence electrons. The van der Waals surface area contributed by atoms with Crippen molar-refractivity contribution in [2.45, 2.75) is 77.7 Å². The van der Waals surface area contributed by atoms with Gasteiger partial charge in [0.1, 0.15) is 0 Å². The van der Waals surface area contributed by atoms with Crippen LogP contribution in [0.2, 0.25) is 0 Å². The van der Waals surface area contributed by atoms with Crippen LogP contribution in [0.4, 0.5) is 0 Å². The van der Waals surface area contributed by atoms with Crippen molar-refractivity contribution in [3.63, 3.8) is 0 Å². The van der Waals surface area contributed by atoms with Crippen molar-refractivity contribution in [2.24, 2.45) is 0 Å². The molecule has 0 unspecified atom stereocenters. The van der Waals surface area contributed by atoms with Crippen LogP contribution < -0.4 is 5.32 Å². The Morgan fingerprint density at radius 2 is 1.89 bits per heavy atom. The van der Waals surface area contributed by atoms with Crippen LogP contribution in [0.3, 0.4) is 0 Å². The summed E-state index contributed by atoms with van der Waals surface area (Å²) in [5, 5.41) is 4.86. The minimum atomic E-state index is 0.161. The third-order valence-electron chi connectivity index (χ3n) is 3.91. The predicted octanol–water partition coefficient (Wildman–Crippen LogP) is 4.60. The van der Waals surface area contributed by atoms with Gasteiger partial charge in [0.25, 0.3) is 0 Å². The Kier molecular flexibility index (Phi) is 5.02. The molecule has 3 heteroatoms. The third kappa shape index (κ3) is 3.79. The lowest BCUT2D eigenvalue weighted by molar-refractivity contribution is 0.440. The maximum absolute atomic E-state index is 5.04. The number of aromatic nitrogens is 1. The normalized spacial score (nSPS) is 17.9. The smallest absolute Gasteiger partial charge is 0.0962 e. The van der Waals surface area contributed by atoms with E-state index in [0.717, 1.165) is 19.0 Å². The van der Waals surface area contributed by atoms with Gasteiger partial charge in [-0.2, -0.15) is 0 Å². The molecule has 1 heterocycles. The fourth-order valence-electron chi connectivity index (χ4n) is 2.84. The second-order valence-electron chi connectivity index (χ2n) is 6.69. The molecule has 19 heavy (non-hydrogen) atoms. The summed E-state index contributed by atoms with van der Waals surface area (Å²) in [5.41, 5.74) is 1.48. The molecule has 1 fully saturated rings. The first kappa shape index (κ1) is 15.0. The molecule has 1 N–H and O–H groups in total. The maximum atomic E-state index is 5.04. The molecule has 1 aliphatic carbocycles. The van der Waals surface area contributed by atoms with Crippen molar-refractivity contribution in [2.75, 3.05) is 6.54 Å². The largest absolute Gasteiger partial charge is 0.312 e. The summed E-state index contributed by atoms with van der Waals surface area (Å²) in [5.74, 6) is 0.732. The van der Waals surface area contributed by atoms with Crippen LogP contribution in [-0.2, 0) is 12.0 Å². The minimum absolute atomic E-state index is 0.161. The number of hydrogen-bond acceptors (Lipinski definition) is 3. The number of nitrogens with zero attached hydrogens (tertiary/aromatic N) is 1. The van der Waals surface area contributed by atoms with Crippen LogP contribution in [0.1, 0.15) is 81.3 Å². The van der Waals surface area contributed by atoms with Crippen LogP contribution in [0.15, 0.2) is 0 Å². The van der Waals surface area contributed by atoms with Gasteiger partial charge in [-0.3, -0.25) is 0 Å². The van der Waals surface area contributed by atoms with Gasteiger partial charge in [0.2, 0.25) is 0 Å². The zero-order valence-corrected chi connectivity index (χ0v) is 13.7. The van der Waals surface area contributed by atoms with Gasteiger partial charge in [-0.25, -0.2) is 4.98 Å². The maximum Gasteiger partial charge on any atom is 0.0962 e. The molecule has 0 aromatic carbocycles. The van der Waals surface area contributed by atoms with Crippen LogP contribution in [0.5, 0.6) is 0 Å². The summed E-state index contributed by atoms with van der Waals surface area (Å²) in [4.78, 5) is 6.49. The second-order valence-corrected chi connectivity index (χ2v) is 7.80. The summed E-state index contributed by atoms with van der Waals surface area (Å²) in [7, 11) is 0. The van der Waals surface area contributed by atoms with Crippen molar-refractivity contribution in [1.29, 1.82) is 0 Å². The Hall–Kier alpha value is -0.410. The van der Waals surface area contributed by atoms with Crippen molar-refractivity contribution in [3.05, 3.63) is 15.6 Å². The topological polar surface area (TPSA) is 24.9 Å². The highest BCUT2D eigenvalue weighted by Gasteiger charge is 2.26. The molecule has 0 atom stereocenters. The molecular formula is C16H28N2S. The predicted molar refractivity (Wildman–Crippen MR) is 84.0 cm³/mol. The van der Waals surface area contributed by atoms with Crippen LogP contribution in [-0.4, -0.2) is 11.5 Å². The highest BCUT2D eigenvalue weighted by Crippen LogP contribution is 2.38. The number of thiazole rings is 1. The average molecular weight is 280 g/mol. The standard InChI is InChI=1S/C16H28N2S/c1-5-17-11-13-14(16(2,3)4)18-15(19-13)12-9-7-6-8-10-12/h12,17H,5-11H2,1-4H3. The molecule has 1 aliphatic rings. The highest BCUT2D eigenvalue weighted by molar-refractivity contribution is 7.11. The summed E-state index contributed by atoms with van der Waals surface area (Å²) in [6, 6.07) is 0. The number of hydrogen-bond donors (Lipinski definition) is 1. The van der Waals surface area contributed by atoms with Crippen molar-refractivity contribution >= 4 is 11.3 Å². The van der Waals surface area contributed by atoms with E-state index in [1.165, 1.54) is 47.7 Å². The first-order valence-corrected chi connectivity index (χ1v) is 8.54. The fraction of sp³-hybridized carbons (Fsp3) is 0.812. The molecule has 0 amide bonds. The zero-order chi connectivity index (χ0) is 13.9. The lowest BCUT2D eigenvalue weighted by Crippen LogP contribution is -2.18. The average Bonchev–Trinajstić information content (AvgIpc) is 2.81. The van der Waals surface area contributed by atoms with Crippen molar-refractivity contribution < 1.29 is 0 Å². The van der Waals surface area contributed by atoms with E-state index < -0.39 is 0 Å². The molecule has 0 bridgehead atoms. The van der Waals surface area contributed by atoms with Gasteiger partial charge in [-0.15, -0.1) is 11.3 Å². The van der Waals surface area contributed by atoms with E-state index in [2.05, 4.69) is 33.0 Å². The third-order valence-corrected chi connectivity index (χ3v) is 5.13. The summed E-state index contributed by atoms with van der Waals surface area (Å²) >= 11 is 1.96. The molecular weight excluding hydrogens is 252 g/mol. The second kappa shape index (κ2) is 6.36. The number of rotatable bonds is 4. The molecule has 0 spiro atoms. The van der Waals surface area contributed by atoms with Gasteiger partial charge in [0, 0.05) is 22.8 Å². The van der Waals surface area contributed by atoms with Gasteiger partial charge >= 0.3 is 0 Å². The molecule has 1 aromatic rings. The Morgan fingerprint density at radius 3 is 2.47 bits per heavy atom. The Bertz CT molecular complexity index is 397. The quantitative estimate of drug-likeness (QED) is 0.872. The molecule has 0 aliphatic heterocycles. The fourth-order valence-corrected chi connectivity index (χ4v) is 4.25. The van der Waals surface area contributed by atoms with Gasteiger partial charge in [0.05, 0.1) is 10.7 Å². The van der Waals surface area contributed by atoms with Crippen LogP contribution in [0.25, 0.3) is 0 Å². The van der Waals surface area contributed by atoms with Crippen LogP contribution >= 0.6 is 11.3 Å². The van der Waals surface area contributed by atoms with E-state index in [1.807, 2.05) is 11.3 Å². The lowest BCUT2D eigenvalue weighted by atomic mass is 9.89. The molecule has 1 saturated carbocycles. The Balaban J connectivity index is 2.22. The summed E-state index contributed by atoms with van der Waals surface area (Å²) in [6.07, 6.45) is 6.88.